The number of nitrogens with one attached hydrogen (secondary N) is 1. The van der Waals surface area contributed by atoms with Gasteiger partial charge in [0, 0.05) is 24.6 Å². The maximum absolute atomic E-state index is 12.3. The number of amides is 1. The zero-order valence-corrected chi connectivity index (χ0v) is 12.4. The molecule has 98 valence electrons. The van der Waals surface area contributed by atoms with Gasteiger partial charge in [-0.2, -0.15) is 0 Å². The largest absolute Gasteiger partial charge is 0.341 e. The lowest BCUT2D eigenvalue weighted by atomic mass is 9.96. The topological polar surface area (TPSA) is 32.3 Å². The molecule has 1 aliphatic heterocycles. The Kier molecular flexibility index (Phi) is 4.40. The summed E-state index contributed by atoms with van der Waals surface area (Å²) in [5.74, 6) is 0.811. The molecule has 2 atom stereocenters. The predicted molar refractivity (Wildman–Crippen MR) is 76.1 cm³/mol. The number of carbonyl (C=O) groups excluding carboxylic acids is 1. The van der Waals surface area contributed by atoms with Gasteiger partial charge < -0.3 is 10.2 Å². The van der Waals surface area contributed by atoms with Gasteiger partial charge in [0.15, 0.2) is 0 Å². The predicted octanol–water partition coefficient (Wildman–Crippen LogP) is 2.26. The van der Waals surface area contributed by atoms with E-state index in [2.05, 4.69) is 28.2 Å². The fraction of sp³-hybridized carbons (Fsp3) is 0.500. The van der Waals surface area contributed by atoms with Gasteiger partial charge in [-0.15, -0.1) is 0 Å². The summed E-state index contributed by atoms with van der Waals surface area (Å²) in [6, 6.07) is 8.11. The van der Waals surface area contributed by atoms with E-state index in [1.807, 2.05) is 36.2 Å². The highest BCUT2D eigenvalue weighted by Gasteiger charge is 2.31. The third-order valence-corrected chi connectivity index (χ3v) is 4.07. The zero-order valence-electron chi connectivity index (χ0n) is 10.8. The molecule has 1 heterocycles. The molecule has 0 spiro atoms. The SMILES string of the molecule is CC1CNCC1C(=O)N(C)Cc1ccc(Br)cc1. The minimum Gasteiger partial charge on any atom is -0.341 e. The molecule has 1 aliphatic rings. The van der Waals surface area contributed by atoms with Crippen LogP contribution in [0.2, 0.25) is 0 Å². The molecule has 18 heavy (non-hydrogen) atoms. The molecule has 3 nitrogen and oxygen atoms in total. The Bertz CT molecular complexity index is 418. The molecule has 0 aliphatic carbocycles. The molecule has 0 bridgehead atoms. The van der Waals surface area contributed by atoms with Crippen molar-refractivity contribution >= 4 is 21.8 Å². The van der Waals surface area contributed by atoms with E-state index in [-0.39, 0.29) is 11.8 Å². The normalized spacial score (nSPS) is 23.1. The van der Waals surface area contributed by atoms with Crippen molar-refractivity contribution in [1.82, 2.24) is 10.2 Å². The van der Waals surface area contributed by atoms with Gasteiger partial charge in [-0.3, -0.25) is 4.79 Å². The molecule has 1 saturated heterocycles. The Labute approximate surface area is 117 Å². The van der Waals surface area contributed by atoms with Gasteiger partial charge in [0.05, 0.1) is 5.92 Å². The standard InChI is InChI=1S/C14H19BrN2O/c1-10-7-16-8-13(10)14(18)17(2)9-11-3-5-12(15)6-4-11/h3-6,10,13,16H,7-9H2,1-2H3. The lowest BCUT2D eigenvalue weighted by Gasteiger charge is -2.23. The van der Waals surface area contributed by atoms with Crippen LogP contribution in [0.5, 0.6) is 0 Å². The van der Waals surface area contributed by atoms with Crippen molar-refractivity contribution in [1.29, 1.82) is 0 Å². The summed E-state index contributed by atoms with van der Waals surface area (Å²) in [6.07, 6.45) is 0. The van der Waals surface area contributed by atoms with E-state index in [4.69, 9.17) is 0 Å². The molecule has 4 heteroatoms. The summed E-state index contributed by atoms with van der Waals surface area (Å²) in [6.45, 7) is 4.57. The van der Waals surface area contributed by atoms with Gasteiger partial charge in [0.2, 0.25) is 5.91 Å². The molecule has 0 saturated carbocycles. The average molecular weight is 311 g/mol. The number of rotatable bonds is 3. The lowest BCUT2D eigenvalue weighted by molar-refractivity contribution is -0.135. The average Bonchev–Trinajstić information content (AvgIpc) is 2.77. The van der Waals surface area contributed by atoms with Crippen LogP contribution in [-0.4, -0.2) is 30.9 Å². The van der Waals surface area contributed by atoms with Crippen LogP contribution in [0.25, 0.3) is 0 Å². The maximum atomic E-state index is 12.3. The third kappa shape index (κ3) is 3.12. The first-order chi connectivity index (χ1) is 8.58. The molecule has 0 aromatic heterocycles. The van der Waals surface area contributed by atoms with E-state index in [1.165, 1.54) is 0 Å². The Morgan fingerprint density at radius 2 is 2.06 bits per heavy atom. The van der Waals surface area contributed by atoms with Crippen molar-refractivity contribution in [2.24, 2.45) is 11.8 Å². The minimum atomic E-state index is 0.130. The van der Waals surface area contributed by atoms with Crippen LogP contribution in [0.15, 0.2) is 28.7 Å². The monoisotopic (exact) mass is 310 g/mol. The van der Waals surface area contributed by atoms with Gasteiger partial charge >= 0.3 is 0 Å². The molecule has 1 aromatic rings. The van der Waals surface area contributed by atoms with E-state index in [9.17, 15) is 4.79 Å². The quantitative estimate of drug-likeness (QED) is 0.929. The summed E-state index contributed by atoms with van der Waals surface area (Å²) >= 11 is 3.41. The summed E-state index contributed by atoms with van der Waals surface area (Å²) in [4.78, 5) is 14.1. The molecule has 2 unspecified atom stereocenters. The van der Waals surface area contributed by atoms with Crippen LogP contribution in [0.1, 0.15) is 12.5 Å². The smallest absolute Gasteiger partial charge is 0.227 e. The van der Waals surface area contributed by atoms with Gasteiger partial charge in [-0.25, -0.2) is 0 Å². The molecule has 1 N–H and O–H groups in total. The summed E-state index contributed by atoms with van der Waals surface area (Å²) < 4.78 is 1.06. The lowest BCUT2D eigenvalue weighted by Crippen LogP contribution is -2.35. The minimum absolute atomic E-state index is 0.130. The highest BCUT2D eigenvalue weighted by molar-refractivity contribution is 9.10. The number of benzene rings is 1. The Hall–Kier alpha value is -0.870. The van der Waals surface area contributed by atoms with Crippen LogP contribution in [-0.2, 0) is 11.3 Å². The van der Waals surface area contributed by atoms with Crippen molar-refractivity contribution in [3.8, 4) is 0 Å². The van der Waals surface area contributed by atoms with Crippen molar-refractivity contribution in [3.05, 3.63) is 34.3 Å². The van der Waals surface area contributed by atoms with Crippen molar-refractivity contribution in [2.45, 2.75) is 13.5 Å². The third-order valence-electron chi connectivity index (χ3n) is 3.54. The van der Waals surface area contributed by atoms with Gasteiger partial charge in [-0.05, 0) is 30.2 Å². The molecular formula is C14H19BrN2O. The molecule has 1 amide bonds. The summed E-state index contributed by atoms with van der Waals surface area (Å²) in [5, 5.41) is 3.28. The number of nitrogens with zero attached hydrogens (tertiary/aromatic N) is 1. The first-order valence-corrected chi connectivity index (χ1v) is 7.07. The Morgan fingerprint density at radius 3 is 2.61 bits per heavy atom. The Morgan fingerprint density at radius 1 is 1.39 bits per heavy atom. The van der Waals surface area contributed by atoms with E-state index in [0.29, 0.717) is 12.5 Å². The van der Waals surface area contributed by atoms with Crippen molar-refractivity contribution in [3.63, 3.8) is 0 Å². The van der Waals surface area contributed by atoms with E-state index < -0.39 is 0 Å². The molecule has 1 aromatic carbocycles. The highest BCUT2D eigenvalue weighted by atomic mass is 79.9. The van der Waals surface area contributed by atoms with E-state index >= 15 is 0 Å². The second-order valence-electron chi connectivity index (χ2n) is 5.06. The van der Waals surface area contributed by atoms with E-state index in [1.54, 1.807) is 0 Å². The summed E-state index contributed by atoms with van der Waals surface area (Å²) in [5.41, 5.74) is 1.16. The van der Waals surface area contributed by atoms with Crippen molar-refractivity contribution < 1.29 is 4.79 Å². The second kappa shape index (κ2) is 5.85. The fourth-order valence-corrected chi connectivity index (χ4v) is 2.63. The number of hydrogen-bond donors (Lipinski definition) is 1. The first kappa shape index (κ1) is 13.6. The summed E-state index contributed by atoms with van der Waals surface area (Å²) in [7, 11) is 1.88. The van der Waals surface area contributed by atoms with E-state index in [0.717, 1.165) is 23.1 Å². The second-order valence-corrected chi connectivity index (χ2v) is 5.98. The van der Waals surface area contributed by atoms with Crippen LogP contribution in [0, 0.1) is 11.8 Å². The van der Waals surface area contributed by atoms with Gasteiger partial charge in [0.25, 0.3) is 0 Å². The highest BCUT2D eigenvalue weighted by Crippen LogP contribution is 2.19. The number of hydrogen-bond acceptors (Lipinski definition) is 2. The van der Waals surface area contributed by atoms with Crippen LogP contribution in [0.3, 0.4) is 0 Å². The molecule has 2 rings (SSSR count). The molecule has 0 radical (unpaired) electrons. The van der Waals surface area contributed by atoms with Crippen molar-refractivity contribution in [2.75, 3.05) is 20.1 Å². The van der Waals surface area contributed by atoms with Crippen LogP contribution >= 0.6 is 15.9 Å². The fourth-order valence-electron chi connectivity index (χ4n) is 2.37. The maximum Gasteiger partial charge on any atom is 0.227 e. The zero-order chi connectivity index (χ0) is 13.1. The van der Waals surface area contributed by atoms with Gasteiger partial charge in [0.1, 0.15) is 0 Å². The molecule has 1 fully saturated rings. The van der Waals surface area contributed by atoms with Crippen LogP contribution < -0.4 is 5.32 Å². The number of carbonyl (C=O) groups is 1. The van der Waals surface area contributed by atoms with Crippen LogP contribution in [0.4, 0.5) is 0 Å². The molecular weight excluding hydrogens is 292 g/mol. The van der Waals surface area contributed by atoms with Gasteiger partial charge in [-0.1, -0.05) is 35.0 Å². The number of halogens is 1. The first-order valence-electron chi connectivity index (χ1n) is 6.28. The Balaban J connectivity index is 1.97.